The minimum atomic E-state index is -0.197. The van der Waals surface area contributed by atoms with Gasteiger partial charge in [0.25, 0.3) is 5.91 Å². The highest BCUT2D eigenvalue weighted by atomic mass is 32.2. The second kappa shape index (κ2) is 7.22. The molecule has 0 saturated heterocycles. The van der Waals surface area contributed by atoms with E-state index < -0.39 is 0 Å². The highest BCUT2D eigenvalue weighted by molar-refractivity contribution is 7.98. The maximum absolute atomic E-state index is 12.0. The van der Waals surface area contributed by atoms with Crippen LogP contribution in [0.1, 0.15) is 29.0 Å². The third-order valence-electron chi connectivity index (χ3n) is 3.24. The Hall–Kier alpha value is -1.88. The van der Waals surface area contributed by atoms with Crippen molar-refractivity contribution in [1.82, 2.24) is 5.32 Å². The summed E-state index contributed by atoms with van der Waals surface area (Å²) < 4.78 is 10.7. The summed E-state index contributed by atoms with van der Waals surface area (Å²) in [7, 11) is 1.65. The summed E-state index contributed by atoms with van der Waals surface area (Å²) in [5, 5.41) is 3.62. The zero-order chi connectivity index (χ0) is 15.2. The maximum Gasteiger partial charge on any atom is 0.287 e. The molecule has 0 unspecified atom stereocenters. The topological polar surface area (TPSA) is 51.5 Å². The number of thioether (sulfide) groups is 1. The van der Waals surface area contributed by atoms with Gasteiger partial charge in [0.2, 0.25) is 0 Å². The number of ether oxygens (including phenoxy) is 1. The molecule has 2 aromatic rings. The molecule has 0 aliphatic carbocycles. The van der Waals surface area contributed by atoms with E-state index in [1.165, 1.54) is 11.8 Å². The molecule has 1 aromatic heterocycles. The Balaban J connectivity index is 1.97. The fourth-order valence-corrected chi connectivity index (χ4v) is 2.45. The Labute approximate surface area is 128 Å². The molecular weight excluding hydrogens is 286 g/mol. The molecule has 0 bridgehead atoms. The molecule has 0 fully saturated rings. The summed E-state index contributed by atoms with van der Waals surface area (Å²) in [6, 6.07) is 11.3. The van der Waals surface area contributed by atoms with Gasteiger partial charge >= 0.3 is 0 Å². The molecule has 21 heavy (non-hydrogen) atoms. The van der Waals surface area contributed by atoms with Crippen molar-refractivity contribution >= 4 is 17.7 Å². The highest BCUT2D eigenvalue weighted by Gasteiger charge is 2.15. The largest absolute Gasteiger partial charge is 0.496 e. The zero-order valence-electron chi connectivity index (χ0n) is 12.4. The van der Waals surface area contributed by atoms with Crippen LogP contribution in [0.5, 0.6) is 5.75 Å². The minimum Gasteiger partial charge on any atom is -0.496 e. The molecule has 2 rings (SSSR count). The second-order valence-corrected chi connectivity index (χ2v) is 5.49. The molecular formula is C16H19NO3S. The smallest absolute Gasteiger partial charge is 0.287 e. The summed E-state index contributed by atoms with van der Waals surface area (Å²) in [6.45, 7) is 2.57. The van der Waals surface area contributed by atoms with Crippen molar-refractivity contribution in [2.24, 2.45) is 0 Å². The fourth-order valence-electron chi connectivity index (χ4n) is 2.07. The average Bonchev–Trinajstić information content (AvgIpc) is 3.01. The van der Waals surface area contributed by atoms with Crippen LogP contribution in [0, 0.1) is 0 Å². The van der Waals surface area contributed by atoms with Crippen LogP contribution < -0.4 is 10.1 Å². The Morgan fingerprint density at radius 3 is 2.76 bits per heavy atom. The van der Waals surface area contributed by atoms with Gasteiger partial charge < -0.3 is 14.5 Å². The Bertz CT molecular complexity index is 609. The van der Waals surface area contributed by atoms with Crippen LogP contribution in [-0.2, 0) is 0 Å². The first-order valence-electron chi connectivity index (χ1n) is 6.70. The second-order valence-electron chi connectivity index (χ2n) is 4.68. The van der Waals surface area contributed by atoms with Gasteiger partial charge in [0.15, 0.2) is 10.9 Å². The normalized spacial score (nSPS) is 12.0. The van der Waals surface area contributed by atoms with Gasteiger partial charge in [-0.1, -0.05) is 36.9 Å². The fraction of sp³-hybridized carbons (Fsp3) is 0.312. The Kier molecular flexibility index (Phi) is 5.33. The summed E-state index contributed by atoms with van der Waals surface area (Å²) in [4.78, 5) is 12.0. The van der Waals surface area contributed by atoms with Crippen molar-refractivity contribution < 1.29 is 13.9 Å². The van der Waals surface area contributed by atoms with Gasteiger partial charge in [-0.25, -0.2) is 0 Å². The molecule has 0 aliphatic rings. The summed E-state index contributed by atoms with van der Waals surface area (Å²) in [5.74, 6) is 1.13. The van der Waals surface area contributed by atoms with Gasteiger partial charge in [0.05, 0.1) is 7.11 Å². The molecule has 1 heterocycles. The van der Waals surface area contributed by atoms with E-state index in [0.29, 0.717) is 12.3 Å². The summed E-state index contributed by atoms with van der Waals surface area (Å²) in [6.07, 6.45) is 1.91. The van der Waals surface area contributed by atoms with Crippen molar-refractivity contribution in [3.05, 3.63) is 47.7 Å². The predicted molar refractivity (Wildman–Crippen MR) is 84.2 cm³/mol. The molecule has 4 nitrogen and oxygen atoms in total. The SMILES string of the molecule is COc1ccccc1[C@@H](C)CNC(=O)c1ccc(SC)o1. The van der Waals surface area contributed by atoms with Crippen molar-refractivity contribution in [2.45, 2.75) is 17.9 Å². The maximum atomic E-state index is 12.0. The van der Waals surface area contributed by atoms with Crippen LogP contribution in [-0.4, -0.2) is 25.8 Å². The van der Waals surface area contributed by atoms with Gasteiger partial charge in [-0.2, -0.15) is 0 Å². The van der Waals surface area contributed by atoms with Gasteiger partial charge in [-0.3, -0.25) is 4.79 Å². The number of para-hydroxylation sites is 1. The third kappa shape index (κ3) is 3.82. The predicted octanol–water partition coefficient (Wildman–Crippen LogP) is 3.54. The first-order valence-corrected chi connectivity index (χ1v) is 7.93. The first kappa shape index (κ1) is 15.5. The molecule has 1 atom stereocenters. The quantitative estimate of drug-likeness (QED) is 0.829. The molecule has 0 radical (unpaired) electrons. The average molecular weight is 305 g/mol. The monoisotopic (exact) mass is 305 g/mol. The lowest BCUT2D eigenvalue weighted by molar-refractivity contribution is 0.0919. The zero-order valence-corrected chi connectivity index (χ0v) is 13.2. The lowest BCUT2D eigenvalue weighted by atomic mass is 10.00. The lowest BCUT2D eigenvalue weighted by Crippen LogP contribution is -2.27. The van der Waals surface area contributed by atoms with Crippen LogP contribution in [0.25, 0.3) is 0 Å². The van der Waals surface area contributed by atoms with E-state index in [1.807, 2.05) is 37.4 Å². The number of carbonyl (C=O) groups excluding carboxylic acids is 1. The molecule has 1 N–H and O–H groups in total. The number of rotatable bonds is 6. The van der Waals surface area contributed by atoms with Crippen molar-refractivity contribution in [3.8, 4) is 5.75 Å². The molecule has 5 heteroatoms. The number of nitrogens with one attached hydrogen (secondary N) is 1. The molecule has 0 saturated carbocycles. The van der Waals surface area contributed by atoms with Gasteiger partial charge in [0.1, 0.15) is 5.75 Å². The molecule has 0 aliphatic heterocycles. The number of amides is 1. The molecule has 0 spiro atoms. The van der Waals surface area contributed by atoms with Crippen molar-refractivity contribution in [1.29, 1.82) is 0 Å². The van der Waals surface area contributed by atoms with E-state index in [-0.39, 0.29) is 11.8 Å². The van der Waals surface area contributed by atoms with Gasteiger partial charge in [-0.15, -0.1) is 0 Å². The van der Waals surface area contributed by atoms with Crippen molar-refractivity contribution in [2.75, 3.05) is 19.9 Å². The summed E-state index contributed by atoms with van der Waals surface area (Å²) >= 11 is 1.47. The Morgan fingerprint density at radius 2 is 2.10 bits per heavy atom. The Morgan fingerprint density at radius 1 is 1.33 bits per heavy atom. The van der Waals surface area contributed by atoms with Crippen LogP contribution in [0.4, 0.5) is 0 Å². The minimum absolute atomic E-state index is 0.153. The highest BCUT2D eigenvalue weighted by Crippen LogP contribution is 2.25. The van der Waals surface area contributed by atoms with E-state index in [9.17, 15) is 4.79 Å². The number of hydrogen-bond donors (Lipinski definition) is 1. The number of carbonyl (C=O) groups is 1. The van der Waals surface area contributed by atoms with E-state index in [4.69, 9.17) is 9.15 Å². The third-order valence-corrected chi connectivity index (χ3v) is 3.87. The van der Waals surface area contributed by atoms with Crippen LogP contribution in [0.15, 0.2) is 45.9 Å². The van der Waals surface area contributed by atoms with Crippen molar-refractivity contribution in [3.63, 3.8) is 0 Å². The van der Waals surface area contributed by atoms with Crippen LogP contribution in [0.2, 0.25) is 0 Å². The van der Waals surface area contributed by atoms with E-state index in [1.54, 1.807) is 19.2 Å². The van der Waals surface area contributed by atoms with E-state index in [0.717, 1.165) is 16.4 Å². The molecule has 1 aromatic carbocycles. The van der Waals surface area contributed by atoms with Gasteiger partial charge in [-0.05, 0) is 30.0 Å². The number of methoxy groups -OCH3 is 1. The number of furan rings is 1. The number of benzene rings is 1. The standard InChI is InChI=1S/C16H19NO3S/c1-11(12-6-4-5-7-13(12)19-2)10-17-16(18)14-8-9-15(20-14)21-3/h4-9,11H,10H2,1-3H3,(H,17,18)/t11-/m0/s1. The molecule has 1 amide bonds. The van der Waals surface area contributed by atoms with Crippen LogP contribution >= 0.6 is 11.8 Å². The van der Waals surface area contributed by atoms with Crippen LogP contribution in [0.3, 0.4) is 0 Å². The summed E-state index contributed by atoms with van der Waals surface area (Å²) in [5.41, 5.74) is 1.07. The molecule has 112 valence electrons. The van der Waals surface area contributed by atoms with E-state index in [2.05, 4.69) is 5.32 Å². The number of hydrogen-bond acceptors (Lipinski definition) is 4. The first-order chi connectivity index (χ1) is 10.2. The van der Waals surface area contributed by atoms with E-state index >= 15 is 0 Å². The lowest BCUT2D eigenvalue weighted by Gasteiger charge is -2.15. The van der Waals surface area contributed by atoms with Gasteiger partial charge in [0, 0.05) is 12.5 Å².